The summed E-state index contributed by atoms with van der Waals surface area (Å²) in [7, 11) is 0. The third kappa shape index (κ3) is 5.42. The Morgan fingerprint density at radius 3 is 2.71 bits per heavy atom. The molecule has 3 aromatic rings. The smallest absolute Gasteiger partial charge is 0.264 e. The van der Waals surface area contributed by atoms with Crippen LogP contribution in [0.2, 0.25) is 0 Å². The maximum absolute atomic E-state index is 12.0. The number of furan rings is 1. The fourth-order valence-corrected chi connectivity index (χ4v) is 2.78. The summed E-state index contributed by atoms with van der Waals surface area (Å²) in [5.41, 5.74) is 2.57. The van der Waals surface area contributed by atoms with Gasteiger partial charge in [-0.1, -0.05) is 24.3 Å². The van der Waals surface area contributed by atoms with Gasteiger partial charge in [-0.25, -0.2) is 0 Å². The van der Waals surface area contributed by atoms with E-state index in [1.165, 1.54) is 0 Å². The van der Waals surface area contributed by atoms with Gasteiger partial charge in [0.05, 0.1) is 0 Å². The summed E-state index contributed by atoms with van der Waals surface area (Å²) in [6.07, 6.45) is 0. The van der Waals surface area contributed by atoms with Crippen LogP contribution in [0.25, 0.3) is 11.3 Å². The van der Waals surface area contributed by atoms with E-state index in [1.807, 2.05) is 49.4 Å². The van der Waals surface area contributed by atoms with Crippen molar-refractivity contribution in [2.24, 2.45) is 0 Å². The van der Waals surface area contributed by atoms with Crippen molar-refractivity contribution in [3.05, 3.63) is 72.0 Å². The Bertz CT molecular complexity index is 984. The topological polar surface area (TPSA) is 83.7 Å². The van der Waals surface area contributed by atoms with Crippen LogP contribution >= 0.6 is 12.2 Å². The Kier molecular flexibility index (Phi) is 6.41. The molecule has 0 aliphatic heterocycles. The zero-order valence-electron chi connectivity index (χ0n) is 15.3. The maximum atomic E-state index is 12.0. The molecule has 2 aromatic carbocycles. The average molecular weight is 396 g/mol. The molecule has 7 heteroatoms. The van der Waals surface area contributed by atoms with Gasteiger partial charge in [-0.05, 0) is 61.1 Å². The molecule has 0 atom stereocenters. The van der Waals surface area contributed by atoms with Gasteiger partial charge in [0.1, 0.15) is 23.9 Å². The van der Waals surface area contributed by atoms with E-state index in [0.29, 0.717) is 23.0 Å². The lowest BCUT2D eigenvalue weighted by Gasteiger charge is -2.11. The van der Waals surface area contributed by atoms with Crippen molar-refractivity contribution in [2.45, 2.75) is 13.5 Å². The van der Waals surface area contributed by atoms with Gasteiger partial charge in [0.25, 0.3) is 5.91 Å². The first-order valence-corrected chi connectivity index (χ1v) is 9.04. The predicted molar refractivity (Wildman–Crippen MR) is 111 cm³/mol. The lowest BCUT2D eigenvalue weighted by atomic mass is 10.1. The molecule has 1 amide bonds. The van der Waals surface area contributed by atoms with Gasteiger partial charge < -0.3 is 19.6 Å². The molecule has 0 aliphatic carbocycles. The molecule has 0 spiro atoms. The van der Waals surface area contributed by atoms with Crippen LogP contribution in [0.5, 0.6) is 5.75 Å². The summed E-state index contributed by atoms with van der Waals surface area (Å²) in [6.45, 7) is 1.66. The Balaban J connectivity index is 1.54. The number of aryl methyl sites for hydroxylation is 1. The van der Waals surface area contributed by atoms with Crippen molar-refractivity contribution in [2.75, 3.05) is 11.9 Å². The highest BCUT2D eigenvalue weighted by molar-refractivity contribution is 7.80. The Labute approximate surface area is 168 Å². The fraction of sp³-hybridized carbons (Fsp3) is 0.143. The number of benzene rings is 2. The highest BCUT2D eigenvalue weighted by Crippen LogP contribution is 2.24. The van der Waals surface area contributed by atoms with E-state index >= 15 is 0 Å². The van der Waals surface area contributed by atoms with E-state index in [4.69, 9.17) is 26.5 Å². The first-order chi connectivity index (χ1) is 13.5. The number of aliphatic hydroxyl groups is 1. The molecule has 1 aromatic heterocycles. The van der Waals surface area contributed by atoms with Crippen LogP contribution in [0.1, 0.15) is 11.3 Å². The number of ether oxygens (including phenoxy) is 1. The molecule has 0 fully saturated rings. The SMILES string of the molecule is Cc1cccc(OCC(=O)NC(=S)Nc2cccc(-c3ccc(CO)o3)c2)c1. The van der Waals surface area contributed by atoms with Crippen LogP contribution in [0, 0.1) is 6.92 Å². The van der Waals surface area contributed by atoms with Gasteiger partial charge in [-0.2, -0.15) is 0 Å². The quantitative estimate of drug-likeness (QED) is 0.552. The second kappa shape index (κ2) is 9.16. The molecule has 0 bridgehead atoms. The van der Waals surface area contributed by atoms with Gasteiger partial charge in [-0.3, -0.25) is 10.1 Å². The number of thiocarbonyl (C=S) groups is 1. The van der Waals surface area contributed by atoms with E-state index < -0.39 is 0 Å². The molecule has 144 valence electrons. The van der Waals surface area contributed by atoms with Crippen LogP contribution in [0.15, 0.2) is 65.1 Å². The van der Waals surface area contributed by atoms with Crippen LogP contribution < -0.4 is 15.4 Å². The Morgan fingerprint density at radius 2 is 1.96 bits per heavy atom. The molecule has 28 heavy (non-hydrogen) atoms. The van der Waals surface area contributed by atoms with Crippen molar-refractivity contribution in [1.29, 1.82) is 0 Å². The minimum Gasteiger partial charge on any atom is -0.484 e. The van der Waals surface area contributed by atoms with E-state index in [1.54, 1.807) is 18.2 Å². The predicted octanol–water partition coefficient (Wildman–Crippen LogP) is 3.64. The number of carbonyl (C=O) groups excluding carboxylic acids is 1. The fourth-order valence-electron chi connectivity index (χ4n) is 2.55. The number of hydrogen-bond acceptors (Lipinski definition) is 5. The average Bonchev–Trinajstić information content (AvgIpc) is 3.16. The van der Waals surface area contributed by atoms with Crippen molar-refractivity contribution >= 4 is 28.9 Å². The Morgan fingerprint density at radius 1 is 1.14 bits per heavy atom. The number of amides is 1. The minimum atomic E-state index is -0.353. The second-order valence-electron chi connectivity index (χ2n) is 6.11. The number of nitrogens with one attached hydrogen (secondary N) is 2. The summed E-state index contributed by atoms with van der Waals surface area (Å²) in [4.78, 5) is 12.0. The van der Waals surface area contributed by atoms with Crippen molar-refractivity contribution in [1.82, 2.24) is 5.32 Å². The van der Waals surface area contributed by atoms with E-state index in [9.17, 15) is 4.79 Å². The van der Waals surface area contributed by atoms with Crippen molar-refractivity contribution in [3.63, 3.8) is 0 Å². The van der Waals surface area contributed by atoms with E-state index in [-0.39, 0.29) is 24.2 Å². The number of rotatable bonds is 6. The molecular weight excluding hydrogens is 376 g/mol. The van der Waals surface area contributed by atoms with E-state index in [2.05, 4.69) is 10.6 Å². The molecule has 3 rings (SSSR count). The zero-order valence-corrected chi connectivity index (χ0v) is 16.1. The zero-order chi connectivity index (χ0) is 19.9. The summed E-state index contributed by atoms with van der Waals surface area (Å²) in [6, 6.07) is 18.3. The number of anilines is 1. The van der Waals surface area contributed by atoms with Crippen LogP contribution in [-0.4, -0.2) is 22.7 Å². The van der Waals surface area contributed by atoms with E-state index in [0.717, 1.165) is 11.1 Å². The largest absolute Gasteiger partial charge is 0.484 e. The second-order valence-corrected chi connectivity index (χ2v) is 6.52. The van der Waals surface area contributed by atoms with Crippen LogP contribution in [0.4, 0.5) is 5.69 Å². The van der Waals surface area contributed by atoms with Crippen LogP contribution in [0.3, 0.4) is 0 Å². The minimum absolute atomic E-state index is 0.137. The molecular formula is C21H20N2O4S. The molecule has 1 heterocycles. The molecule has 6 nitrogen and oxygen atoms in total. The number of aliphatic hydroxyl groups excluding tert-OH is 1. The normalized spacial score (nSPS) is 10.4. The van der Waals surface area contributed by atoms with Gasteiger partial charge in [0.15, 0.2) is 11.7 Å². The third-order valence-corrected chi connectivity index (χ3v) is 4.04. The first kappa shape index (κ1) is 19.6. The molecule has 0 saturated heterocycles. The highest BCUT2D eigenvalue weighted by atomic mass is 32.1. The molecule has 3 N–H and O–H groups in total. The third-order valence-electron chi connectivity index (χ3n) is 3.83. The van der Waals surface area contributed by atoms with Gasteiger partial charge in [0.2, 0.25) is 0 Å². The number of hydrogen-bond donors (Lipinski definition) is 3. The highest BCUT2D eigenvalue weighted by Gasteiger charge is 2.08. The molecule has 0 unspecified atom stereocenters. The summed E-state index contributed by atoms with van der Waals surface area (Å²) < 4.78 is 11.0. The standard InChI is InChI=1S/C21H20N2O4S/c1-14-4-2-7-17(10-14)26-13-20(25)23-21(28)22-16-6-3-5-15(11-16)19-9-8-18(12-24)27-19/h2-11,24H,12-13H2,1H3,(H2,22,23,25,28). The van der Waals surface area contributed by atoms with Crippen molar-refractivity contribution < 1.29 is 19.1 Å². The maximum Gasteiger partial charge on any atom is 0.264 e. The molecule has 0 aliphatic rings. The Hall–Kier alpha value is -3.16. The molecule has 0 radical (unpaired) electrons. The molecule has 0 saturated carbocycles. The van der Waals surface area contributed by atoms with Crippen molar-refractivity contribution in [3.8, 4) is 17.1 Å². The van der Waals surface area contributed by atoms with Crippen LogP contribution in [-0.2, 0) is 11.4 Å². The summed E-state index contributed by atoms with van der Waals surface area (Å²) in [5, 5.41) is 14.8. The summed E-state index contributed by atoms with van der Waals surface area (Å²) in [5.74, 6) is 1.40. The number of carbonyl (C=O) groups is 1. The van der Waals surface area contributed by atoms with Gasteiger partial charge >= 0.3 is 0 Å². The van der Waals surface area contributed by atoms with Gasteiger partial charge in [0, 0.05) is 11.3 Å². The monoisotopic (exact) mass is 396 g/mol. The summed E-state index contributed by atoms with van der Waals surface area (Å²) >= 11 is 5.19. The lowest BCUT2D eigenvalue weighted by Crippen LogP contribution is -2.37. The van der Waals surface area contributed by atoms with Gasteiger partial charge in [-0.15, -0.1) is 0 Å². The first-order valence-electron chi connectivity index (χ1n) is 8.64. The lowest BCUT2D eigenvalue weighted by molar-refractivity contribution is -0.121.